The van der Waals surface area contributed by atoms with Crippen LogP contribution < -0.4 is 10.5 Å². The molecule has 0 aliphatic heterocycles. The van der Waals surface area contributed by atoms with Gasteiger partial charge < -0.3 is 9.88 Å². The van der Waals surface area contributed by atoms with E-state index in [1.807, 2.05) is 23.4 Å². The molecule has 0 aliphatic rings. The molecule has 22 heavy (non-hydrogen) atoms. The van der Waals surface area contributed by atoms with Gasteiger partial charge in [-0.2, -0.15) is 0 Å². The maximum atomic E-state index is 12.0. The van der Waals surface area contributed by atoms with Gasteiger partial charge in [0.1, 0.15) is 15.5 Å². The van der Waals surface area contributed by atoms with E-state index in [2.05, 4.69) is 40.9 Å². The lowest BCUT2D eigenvalue weighted by molar-refractivity contribution is 0.578. The summed E-state index contributed by atoms with van der Waals surface area (Å²) in [5, 5.41) is 12.2. The highest BCUT2D eigenvalue weighted by Crippen LogP contribution is 2.29. The zero-order chi connectivity index (χ0) is 15.9. The Labute approximate surface area is 135 Å². The monoisotopic (exact) mass is 335 g/mol. The second-order valence-electron chi connectivity index (χ2n) is 6.14. The van der Waals surface area contributed by atoms with Crippen LogP contribution in [0, 0.1) is 0 Å². The van der Waals surface area contributed by atoms with Gasteiger partial charge in [-0.15, -0.1) is 21.5 Å². The molecule has 8 heteroatoms. The van der Waals surface area contributed by atoms with Crippen molar-refractivity contribution < 1.29 is 0 Å². The van der Waals surface area contributed by atoms with E-state index in [0.717, 1.165) is 15.7 Å². The Balaban J connectivity index is 1.85. The summed E-state index contributed by atoms with van der Waals surface area (Å²) in [4.78, 5) is 21.3. The van der Waals surface area contributed by atoms with E-state index in [-0.39, 0.29) is 11.0 Å². The molecule has 0 saturated heterocycles. The Bertz CT molecular complexity index is 858. The normalized spacial score (nSPS) is 12.0. The molecule has 3 aromatic rings. The minimum atomic E-state index is -0.0870. The van der Waals surface area contributed by atoms with Gasteiger partial charge in [-0.05, 0) is 11.4 Å². The van der Waals surface area contributed by atoms with Crippen LogP contribution in [-0.4, -0.2) is 27.2 Å². The van der Waals surface area contributed by atoms with Gasteiger partial charge in [0.15, 0.2) is 0 Å². The molecular formula is C14H17N5OS2. The molecule has 0 radical (unpaired) electrons. The Kier molecular flexibility index (Phi) is 3.73. The van der Waals surface area contributed by atoms with E-state index < -0.39 is 0 Å². The molecule has 0 atom stereocenters. The average molecular weight is 335 g/mol. The summed E-state index contributed by atoms with van der Waals surface area (Å²) >= 11 is 2.97. The van der Waals surface area contributed by atoms with Crippen molar-refractivity contribution in [2.45, 2.75) is 32.7 Å². The number of aromatic nitrogens is 4. The molecule has 0 fully saturated rings. The molecule has 1 N–H and O–H groups in total. The summed E-state index contributed by atoms with van der Waals surface area (Å²) in [6.07, 6.45) is 0. The highest BCUT2D eigenvalue weighted by atomic mass is 32.1. The van der Waals surface area contributed by atoms with E-state index in [4.69, 9.17) is 0 Å². The molecule has 0 saturated carbocycles. The van der Waals surface area contributed by atoms with Gasteiger partial charge in [-0.1, -0.05) is 32.1 Å². The summed E-state index contributed by atoms with van der Waals surface area (Å²) in [5.74, 6) is 0.630. The summed E-state index contributed by atoms with van der Waals surface area (Å²) in [7, 11) is 1.92. The molecular weight excluding hydrogens is 318 g/mol. The maximum absolute atomic E-state index is 12.0. The predicted molar refractivity (Wildman–Crippen MR) is 91.0 cm³/mol. The largest absolute Gasteiger partial charge is 0.342 e. The molecule has 3 heterocycles. The minimum absolute atomic E-state index is 0.0150. The van der Waals surface area contributed by atoms with Crippen molar-refractivity contribution in [1.82, 2.24) is 20.2 Å². The van der Waals surface area contributed by atoms with Crippen LogP contribution in [0.5, 0.6) is 0 Å². The van der Waals surface area contributed by atoms with Gasteiger partial charge in [0.2, 0.25) is 5.13 Å². The Morgan fingerprint density at radius 1 is 1.32 bits per heavy atom. The number of hydrogen-bond donors (Lipinski definition) is 1. The fourth-order valence-corrected chi connectivity index (χ4v) is 3.55. The van der Waals surface area contributed by atoms with Crippen molar-refractivity contribution in [3.05, 3.63) is 32.6 Å². The van der Waals surface area contributed by atoms with Crippen LogP contribution in [0.3, 0.4) is 0 Å². The number of thiophene rings is 1. The Morgan fingerprint density at radius 3 is 2.77 bits per heavy atom. The van der Waals surface area contributed by atoms with Gasteiger partial charge in [-0.3, -0.25) is 4.79 Å². The SMILES string of the molecule is CN(Cc1nc2ccsc2c(=O)[nH]1)c1nnc(C(C)(C)C)s1. The third-order valence-electron chi connectivity index (χ3n) is 3.13. The van der Waals surface area contributed by atoms with E-state index in [9.17, 15) is 4.79 Å². The first-order valence-corrected chi connectivity index (χ1v) is 8.56. The number of aromatic amines is 1. The number of anilines is 1. The molecule has 3 rings (SSSR count). The topological polar surface area (TPSA) is 74.8 Å². The Morgan fingerprint density at radius 2 is 2.09 bits per heavy atom. The minimum Gasteiger partial charge on any atom is -0.342 e. The van der Waals surface area contributed by atoms with Crippen LogP contribution in [0.2, 0.25) is 0 Å². The number of fused-ring (bicyclic) bond motifs is 1. The zero-order valence-corrected chi connectivity index (χ0v) is 14.5. The van der Waals surface area contributed by atoms with E-state index in [1.165, 1.54) is 11.3 Å². The van der Waals surface area contributed by atoms with Crippen molar-refractivity contribution in [2.24, 2.45) is 0 Å². The summed E-state index contributed by atoms with van der Waals surface area (Å²) in [6.45, 7) is 6.82. The first-order chi connectivity index (χ1) is 10.3. The van der Waals surface area contributed by atoms with Crippen molar-refractivity contribution in [2.75, 3.05) is 11.9 Å². The number of nitrogens with zero attached hydrogens (tertiary/aromatic N) is 4. The van der Waals surface area contributed by atoms with Gasteiger partial charge >= 0.3 is 0 Å². The van der Waals surface area contributed by atoms with Crippen molar-refractivity contribution in [1.29, 1.82) is 0 Å². The predicted octanol–water partition coefficient (Wildman–Crippen LogP) is 2.77. The van der Waals surface area contributed by atoms with Crippen LogP contribution in [0.25, 0.3) is 10.2 Å². The van der Waals surface area contributed by atoms with Gasteiger partial charge in [0.25, 0.3) is 5.56 Å². The maximum Gasteiger partial charge on any atom is 0.268 e. The van der Waals surface area contributed by atoms with Crippen LogP contribution in [0.15, 0.2) is 16.2 Å². The average Bonchev–Trinajstić information content (AvgIpc) is 3.06. The smallest absolute Gasteiger partial charge is 0.268 e. The zero-order valence-electron chi connectivity index (χ0n) is 12.9. The van der Waals surface area contributed by atoms with Crippen molar-refractivity contribution >= 4 is 38.0 Å². The van der Waals surface area contributed by atoms with Crippen LogP contribution in [0.1, 0.15) is 31.6 Å². The molecule has 0 bridgehead atoms. The lowest BCUT2D eigenvalue weighted by Gasteiger charge is -2.15. The highest BCUT2D eigenvalue weighted by Gasteiger charge is 2.21. The number of H-pyrrole nitrogens is 1. The van der Waals surface area contributed by atoms with Crippen molar-refractivity contribution in [3.8, 4) is 0 Å². The molecule has 0 aromatic carbocycles. The molecule has 116 valence electrons. The molecule has 0 spiro atoms. The second-order valence-corrected chi connectivity index (χ2v) is 8.02. The fourth-order valence-electron chi connectivity index (χ4n) is 1.96. The summed E-state index contributed by atoms with van der Waals surface area (Å²) in [6, 6.07) is 1.86. The van der Waals surface area contributed by atoms with Gasteiger partial charge in [0.05, 0.1) is 12.1 Å². The van der Waals surface area contributed by atoms with Crippen LogP contribution in [-0.2, 0) is 12.0 Å². The standard InChI is InChI=1S/C14H17N5OS2/c1-14(2,3)12-17-18-13(22-12)19(4)7-9-15-8-5-6-21-10(8)11(20)16-9/h5-6H,7H2,1-4H3,(H,15,16,20). The van der Waals surface area contributed by atoms with Crippen LogP contribution in [0.4, 0.5) is 5.13 Å². The quantitative estimate of drug-likeness (QED) is 0.796. The lowest BCUT2D eigenvalue weighted by atomic mass is 9.98. The molecule has 0 unspecified atom stereocenters. The second kappa shape index (κ2) is 5.44. The molecule has 0 amide bonds. The number of rotatable bonds is 3. The summed E-state index contributed by atoms with van der Waals surface area (Å²) < 4.78 is 0.664. The molecule has 0 aliphatic carbocycles. The third-order valence-corrected chi connectivity index (χ3v) is 5.50. The van der Waals surface area contributed by atoms with Crippen molar-refractivity contribution in [3.63, 3.8) is 0 Å². The summed E-state index contributed by atoms with van der Waals surface area (Å²) in [5.41, 5.74) is 0.639. The third kappa shape index (κ3) is 2.89. The van der Waals surface area contributed by atoms with Crippen LogP contribution >= 0.6 is 22.7 Å². The highest BCUT2D eigenvalue weighted by molar-refractivity contribution is 7.17. The Hall–Kier alpha value is -1.80. The fraction of sp³-hybridized carbons (Fsp3) is 0.429. The molecule has 6 nitrogen and oxygen atoms in total. The van der Waals surface area contributed by atoms with Gasteiger partial charge in [0, 0.05) is 12.5 Å². The first-order valence-electron chi connectivity index (χ1n) is 6.86. The van der Waals surface area contributed by atoms with E-state index in [0.29, 0.717) is 17.1 Å². The number of hydrogen-bond acceptors (Lipinski definition) is 7. The lowest BCUT2D eigenvalue weighted by Crippen LogP contribution is -2.21. The number of nitrogens with one attached hydrogen (secondary N) is 1. The van der Waals surface area contributed by atoms with E-state index in [1.54, 1.807) is 11.3 Å². The molecule has 3 aromatic heterocycles. The first kappa shape index (κ1) is 15.1. The van der Waals surface area contributed by atoms with Gasteiger partial charge in [-0.25, -0.2) is 4.98 Å². The van der Waals surface area contributed by atoms with E-state index >= 15 is 0 Å².